The molecule has 2 aromatic heterocycles. The lowest BCUT2D eigenvalue weighted by Gasteiger charge is -2.24. The van der Waals surface area contributed by atoms with E-state index in [1.807, 2.05) is 61.5 Å². The minimum atomic E-state index is -0.334. The molecule has 5 rings (SSSR count). The van der Waals surface area contributed by atoms with E-state index in [1.54, 1.807) is 12.1 Å². The highest BCUT2D eigenvalue weighted by Crippen LogP contribution is 2.25. The molecule has 186 valence electrons. The summed E-state index contributed by atoms with van der Waals surface area (Å²) in [6, 6.07) is 25.4. The number of amides is 1. The van der Waals surface area contributed by atoms with Crippen LogP contribution in [0.15, 0.2) is 83.7 Å². The predicted octanol–water partition coefficient (Wildman–Crippen LogP) is 3.99. The summed E-state index contributed by atoms with van der Waals surface area (Å²) in [5.41, 5.74) is 2.40. The second kappa shape index (κ2) is 10.6. The van der Waals surface area contributed by atoms with E-state index in [4.69, 9.17) is 4.98 Å². The zero-order valence-corrected chi connectivity index (χ0v) is 20.9. The number of benzene rings is 3. The van der Waals surface area contributed by atoms with Gasteiger partial charge >= 0.3 is 0 Å². The number of fused-ring (bicyclic) bond motifs is 2. The van der Waals surface area contributed by atoms with Gasteiger partial charge in [-0.2, -0.15) is 5.10 Å². The summed E-state index contributed by atoms with van der Waals surface area (Å²) in [5.74, 6) is 0.993. The number of nitrogens with one attached hydrogen (secondary N) is 1. The predicted molar refractivity (Wildman–Crippen MR) is 145 cm³/mol. The fourth-order valence-corrected chi connectivity index (χ4v) is 4.45. The van der Waals surface area contributed by atoms with Gasteiger partial charge in [0, 0.05) is 23.9 Å². The molecular weight excluding hydrogens is 464 g/mol. The van der Waals surface area contributed by atoms with Crippen LogP contribution in [0, 0.1) is 6.92 Å². The summed E-state index contributed by atoms with van der Waals surface area (Å²) in [5, 5.41) is 9.48. The van der Waals surface area contributed by atoms with Crippen LogP contribution in [0.2, 0.25) is 0 Å². The maximum absolute atomic E-state index is 12.8. The van der Waals surface area contributed by atoms with Crippen LogP contribution in [0.25, 0.3) is 21.7 Å². The molecule has 0 aliphatic rings. The first-order valence-corrected chi connectivity index (χ1v) is 12.3. The van der Waals surface area contributed by atoms with E-state index in [1.165, 1.54) is 10.2 Å². The normalized spacial score (nSPS) is 11.1. The summed E-state index contributed by atoms with van der Waals surface area (Å²) in [4.78, 5) is 37.3. The van der Waals surface area contributed by atoms with Crippen molar-refractivity contribution >= 4 is 33.4 Å². The molecule has 37 heavy (non-hydrogen) atoms. The van der Waals surface area contributed by atoms with Gasteiger partial charge in [-0.15, -0.1) is 0 Å². The summed E-state index contributed by atoms with van der Waals surface area (Å²) in [6.07, 6.45) is 0. The smallest absolute Gasteiger partial charge is 0.275 e. The Hall–Kier alpha value is -4.59. The van der Waals surface area contributed by atoms with Crippen molar-refractivity contribution in [1.29, 1.82) is 0 Å². The molecule has 0 saturated carbocycles. The first-order chi connectivity index (χ1) is 18.0. The maximum Gasteiger partial charge on any atom is 0.275 e. The summed E-state index contributed by atoms with van der Waals surface area (Å²) in [7, 11) is 0. The molecule has 0 atom stereocenters. The van der Waals surface area contributed by atoms with Crippen molar-refractivity contribution in [3.63, 3.8) is 0 Å². The zero-order valence-electron chi connectivity index (χ0n) is 20.9. The van der Waals surface area contributed by atoms with Gasteiger partial charge in [0.1, 0.15) is 12.4 Å². The second-order valence-corrected chi connectivity index (χ2v) is 8.85. The van der Waals surface area contributed by atoms with Gasteiger partial charge < -0.3 is 10.2 Å². The van der Waals surface area contributed by atoms with Gasteiger partial charge in [-0.3, -0.25) is 9.59 Å². The minimum absolute atomic E-state index is 0.140. The molecule has 2 heterocycles. The van der Waals surface area contributed by atoms with Crippen LogP contribution in [-0.4, -0.2) is 32.2 Å². The average Bonchev–Trinajstić information content (AvgIpc) is 2.93. The lowest BCUT2D eigenvalue weighted by atomic mass is 10.1. The van der Waals surface area contributed by atoms with Crippen LogP contribution < -0.4 is 15.8 Å². The molecule has 0 aliphatic heterocycles. The zero-order chi connectivity index (χ0) is 25.8. The van der Waals surface area contributed by atoms with Crippen LogP contribution in [-0.2, 0) is 24.4 Å². The van der Waals surface area contributed by atoms with Gasteiger partial charge in [0.15, 0.2) is 5.82 Å². The number of aryl methyl sites for hydroxylation is 1. The van der Waals surface area contributed by atoms with E-state index in [2.05, 4.69) is 39.4 Å². The molecule has 1 amide bonds. The lowest BCUT2D eigenvalue weighted by Crippen LogP contribution is -2.34. The molecule has 8 nitrogen and oxygen atoms in total. The van der Waals surface area contributed by atoms with Crippen LogP contribution in [0.1, 0.15) is 24.0 Å². The monoisotopic (exact) mass is 492 g/mol. The van der Waals surface area contributed by atoms with Crippen LogP contribution in [0.4, 0.5) is 5.82 Å². The Labute approximate surface area is 214 Å². The van der Waals surface area contributed by atoms with Crippen molar-refractivity contribution in [3.8, 4) is 0 Å². The summed E-state index contributed by atoms with van der Waals surface area (Å²) >= 11 is 0. The number of aromatic nitrogens is 4. The Balaban J connectivity index is 1.37. The van der Waals surface area contributed by atoms with Crippen molar-refractivity contribution in [2.45, 2.75) is 33.5 Å². The molecule has 0 spiro atoms. The number of nitrogens with zero attached hydrogens (tertiary/aromatic N) is 5. The minimum Gasteiger partial charge on any atom is -0.352 e. The van der Waals surface area contributed by atoms with Gasteiger partial charge in [-0.1, -0.05) is 60.7 Å². The van der Waals surface area contributed by atoms with E-state index in [9.17, 15) is 9.59 Å². The van der Waals surface area contributed by atoms with Crippen molar-refractivity contribution in [3.05, 3.63) is 106 Å². The number of carbonyl (C=O) groups excluding carboxylic acids is 1. The number of anilines is 1. The standard InChI is InChI=1S/C29H28N6O2/c1-3-34(18-21-11-5-4-6-12-21)28-24-15-9-10-16-25(24)31-26(32-28)17-30-27(36)19-35-29(37)23-14-8-7-13-22(23)20(2)33-35/h4-16H,3,17-19H2,1-2H3,(H,30,36). The molecule has 3 aromatic carbocycles. The van der Waals surface area contributed by atoms with Crippen molar-refractivity contribution < 1.29 is 4.79 Å². The summed E-state index contributed by atoms with van der Waals surface area (Å²) in [6.45, 7) is 5.35. The molecule has 1 N–H and O–H groups in total. The topological polar surface area (TPSA) is 93.0 Å². The Morgan fingerprint density at radius 2 is 1.57 bits per heavy atom. The highest BCUT2D eigenvalue weighted by atomic mass is 16.2. The van der Waals surface area contributed by atoms with E-state index in [-0.39, 0.29) is 24.6 Å². The molecule has 5 aromatic rings. The van der Waals surface area contributed by atoms with E-state index in [0.717, 1.165) is 28.7 Å². The fraction of sp³-hybridized carbons (Fsp3) is 0.207. The highest BCUT2D eigenvalue weighted by Gasteiger charge is 2.15. The quantitative estimate of drug-likeness (QED) is 0.352. The van der Waals surface area contributed by atoms with E-state index >= 15 is 0 Å². The molecule has 0 bridgehead atoms. The van der Waals surface area contributed by atoms with Crippen LogP contribution in [0.5, 0.6) is 0 Å². The van der Waals surface area contributed by atoms with E-state index < -0.39 is 0 Å². The van der Waals surface area contributed by atoms with Crippen LogP contribution in [0.3, 0.4) is 0 Å². The molecule has 0 radical (unpaired) electrons. The Kier molecular flexibility index (Phi) is 6.89. The molecule has 8 heteroatoms. The Morgan fingerprint density at radius 3 is 2.32 bits per heavy atom. The molecule has 0 saturated heterocycles. The number of hydrogen-bond acceptors (Lipinski definition) is 6. The second-order valence-electron chi connectivity index (χ2n) is 8.85. The van der Waals surface area contributed by atoms with E-state index in [0.29, 0.717) is 23.4 Å². The van der Waals surface area contributed by atoms with Gasteiger partial charge in [-0.05, 0) is 37.6 Å². The average molecular weight is 493 g/mol. The van der Waals surface area contributed by atoms with Crippen molar-refractivity contribution in [2.24, 2.45) is 0 Å². The van der Waals surface area contributed by atoms with Crippen molar-refractivity contribution in [2.75, 3.05) is 11.4 Å². The first kappa shape index (κ1) is 24.1. The van der Waals surface area contributed by atoms with Crippen molar-refractivity contribution in [1.82, 2.24) is 25.1 Å². The van der Waals surface area contributed by atoms with Gasteiger partial charge in [0.05, 0.1) is 23.1 Å². The Bertz CT molecular complexity index is 1630. The SMILES string of the molecule is CCN(Cc1ccccc1)c1nc(CNC(=O)Cn2nc(C)c3ccccc3c2=O)nc2ccccc12. The van der Waals surface area contributed by atoms with Gasteiger partial charge in [0.25, 0.3) is 5.56 Å². The lowest BCUT2D eigenvalue weighted by molar-refractivity contribution is -0.122. The fourth-order valence-electron chi connectivity index (χ4n) is 4.45. The van der Waals surface area contributed by atoms with Crippen LogP contribution >= 0.6 is 0 Å². The molecule has 0 aliphatic carbocycles. The molecule has 0 fully saturated rings. The Morgan fingerprint density at radius 1 is 0.892 bits per heavy atom. The first-order valence-electron chi connectivity index (χ1n) is 12.3. The third-order valence-electron chi connectivity index (χ3n) is 6.32. The third kappa shape index (κ3) is 5.18. The number of hydrogen-bond donors (Lipinski definition) is 1. The number of carbonyl (C=O) groups is 1. The number of rotatable bonds is 8. The molecular formula is C29H28N6O2. The van der Waals surface area contributed by atoms with Gasteiger partial charge in [-0.25, -0.2) is 14.6 Å². The summed E-state index contributed by atoms with van der Waals surface area (Å²) < 4.78 is 1.21. The largest absolute Gasteiger partial charge is 0.352 e. The third-order valence-corrected chi connectivity index (χ3v) is 6.32. The molecule has 0 unspecified atom stereocenters. The highest BCUT2D eigenvalue weighted by molar-refractivity contribution is 5.89. The van der Waals surface area contributed by atoms with Gasteiger partial charge in [0.2, 0.25) is 5.91 Å². The maximum atomic E-state index is 12.8. The number of para-hydroxylation sites is 1.